The van der Waals surface area contributed by atoms with E-state index in [4.69, 9.17) is 9.47 Å². The third kappa shape index (κ3) is 4.61. The largest absolute Gasteiger partial charge is 0.453 e. The second kappa shape index (κ2) is 12.0. The van der Waals surface area contributed by atoms with E-state index >= 15 is 0 Å². The minimum absolute atomic E-state index is 0.246. The minimum atomic E-state index is 0.246. The van der Waals surface area contributed by atoms with Gasteiger partial charge in [-0.3, -0.25) is 0 Å². The first kappa shape index (κ1) is 32.7. The van der Waals surface area contributed by atoms with Crippen LogP contribution < -0.4 is 19.3 Å². The molecule has 0 radical (unpaired) electrons. The molecule has 0 atom stereocenters. The van der Waals surface area contributed by atoms with Crippen molar-refractivity contribution in [3.63, 3.8) is 0 Å². The summed E-state index contributed by atoms with van der Waals surface area (Å²) < 4.78 is 15.8. The van der Waals surface area contributed by atoms with Crippen LogP contribution in [0.25, 0.3) is 52.5 Å². The van der Waals surface area contributed by atoms with E-state index in [1.165, 1.54) is 63.6 Å². The van der Waals surface area contributed by atoms with Gasteiger partial charge in [-0.15, -0.1) is 11.3 Å². The Morgan fingerprint density at radius 1 is 0.368 bits per heavy atom. The van der Waals surface area contributed by atoms with Crippen LogP contribution in [0.2, 0.25) is 0 Å². The molecular formula is C52H38N2O2S. The normalized spacial score (nSPS) is 13.4. The number of hydrogen-bond acceptors (Lipinski definition) is 5. The quantitative estimate of drug-likeness (QED) is 0.167. The highest BCUT2D eigenvalue weighted by Crippen LogP contribution is 2.58. The summed E-state index contributed by atoms with van der Waals surface area (Å²) in [6.45, 7) is 9.28. The van der Waals surface area contributed by atoms with Crippen LogP contribution in [0, 0.1) is 0 Å². The number of nitrogens with zero attached hydrogens (tertiary/aromatic N) is 2. The monoisotopic (exact) mass is 754 g/mol. The Labute approximate surface area is 335 Å². The van der Waals surface area contributed by atoms with Crippen molar-refractivity contribution in [3.8, 4) is 23.0 Å². The van der Waals surface area contributed by atoms with E-state index < -0.39 is 0 Å². The molecule has 274 valence electrons. The molecule has 0 saturated heterocycles. The van der Waals surface area contributed by atoms with E-state index in [1.807, 2.05) is 11.3 Å². The van der Waals surface area contributed by atoms with Crippen molar-refractivity contribution in [2.24, 2.45) is 0 Å². The van der Waals surface area contributed by atoms with E-state index in [2.05, 4.69) is 183 Å². The number of rotatable bonds is 4. The molecule has 12 rings (SSSR count). The molecule has 0 aliphatic carbocycles. The summed E-state index contributed by atoms with van der Waals surface area (Å²) in [5, 5.41) is 10.1. The topological polar surface area (TPSA) is 24.9 Å². The Hall–Kier alpha value is -6.56. The summed E-state index contributed by atoms with van der Waals surface area (Å²) in [5.41, 5.74) is 9.16. The number of para-hydroxylation sites is 6. The van der Waals surface area contributed by atoms with E-state index in [9.17, 15) is 0 Å². The van der Waals surface area contributed by atoms with Crippen LogP contribution >= 0.6 is 11.3 Å². The molecule has 0 spiro atoms. The zero-order chi connectivity index (χ0) is 38.1. The molecule has 2 aliphatic heterocycles. The van der Waals surface area contributed by atoms with Crippen LogP contribution in [0.4, 0.5) is 34.1 Å². The lowest BCUT2D eigenvalue weighted by atomic mass is 9.84. The van der Waals surface area contributed by atoms with Gasteiger partial charge < -0.3 is 19.3 Å². The predicted octanol–water partition coefficient (Wildman–Crippen LogP) is 16.3. The second-order valence-corrected chi connectivity index (χ2v) is 17.1. The smallest absolute Gasteiger partial charge is 0.152 e. The summed E-state index contributed by atoms with van der Waals surface area (Å²) in [7, 11) is 0. The van der Waals surface area contributed by atoms with Crippen LogP contribution in [-0.4, -0.2) is 0 Å². The maximum absolute atomic E-state index is 6.79. The number of benzene rings is 9. The third-order valence-electron chi connectivity index (χ3n) is 12.1. The first-order chi connectivity index (χ1) is 27.9. The first-order valence-electron chi connectivity index (χ1n) is 19.9. The fourth-order valence-electron chi connectivity index (χ4n) is 9.54. The van der Waals surface area contributed by atoms with E-state index in [0.29, 0.717) is 5.92 Å². The van der Waals surface area contributed by atoms with Crippen LogP contribution in [0.1, 0.15) is 50.7 Å². The van der Waals surface area contributed by atoms with Gasteiger partial charge in [0.1, 0.15) is 0 Å². The van der Waals surface area contributed by atoms with Gasteiger partial charge in [0, 0.05) is 30.9 Å². The van der Waals surface area contributed by atoms with Gasteiger partial charge in [-0.25, -0.2) is 0 Å². The average Bonchev–Trinajstić information content (AvgIpc) is 3.60. The lowest BCUT2D eigenvalue weighted by molar-refractivity contribution is 0.477. The Morgan fingerprint density at radius 2 is 0.895 bits per heavy atom. The van der Waals surface area contributed by atoms with Gasteiger partial charge >= 0.3 is 0 Å². The summed E-state index contributed by atoms with van der Waals surface area (Å²) >= 11 is 1.84. The van der Waals surface area contributed by atoms with Crippen molar-refractivity contribution >= 4 is 98.0 Å². The van der Waals surface area contributed by atoms with Crippen molar-refractivity contribution < 1.29 is 9.47 Å². The molecule has 0 amide bonds. The summed E-state index contributed by atoms with van der Waals surface area (Å²) in [6.07, 6.45) is 0. The maximum atomic E-state index is 6.79. The lowest BCUT2D eigenvalue weighted by Gasteiger charge is -2.36. The van der Waals surface area contributed by atoms with E-state index in [0.717, 1.165) is 57.1 Å². The van der Waals surface area contributed by atoms with Crippen molar-refractivity contribution in [2.75, 3.05) is 9.80 Å². The Kier molecular flexibility index (Phi) is 6.86. The van der Waals surface area contributed by atoms with Crippen LogP contribution in [0.5, 0.6) is 23.0 Å². The van der Waals surface area contributed by atoms with Gasteiger partial charge in [-0.05, 0) is 111 Å². The number of thiophene rings is 1. The van der Waals surface area contributed by atoms with Gasteiger partial charge in [0.25, 0.3) is 0 Å². The zero-order valence-corrected chi connectivity index (χ0v) is 32.9. The van der Waals surface area contributed by atoms with Crippen LogP contribution in [0.3, 0.4) is 0 Å². The molecule has 9 aromatic carbocycles. The van der Waals surface area contributed by atoms with Crippen molar-refractivity contribution in [3.05, 3.63) is 157 Å². The molecule has 5 heteroatoms. The van der Waals surface area contributed by atoms with Gasteiger partial charge in [-0.2, -0.15) is 0 Å². The molecule has 0 N–H and O–H groups in total. The number of ether oxygens (including phenoxy) is 2. The molecule has 57 heavy (non-hydrogen) atoms. The van der Waals surface area contributed by atoms with Gasteiger partial charge in [0.15, 0.2) is 23.0 Å². The number of anilines is 6. The average molecular weight is 755 g/mol. The van der Waals surface area contributed by atoms with E-state index in [-0.39, 0.29) is 5.92 Å². The van der Waals surface area contributed by atoms with Crippen LogP contribution in [0.15, 0.2) is 146 Å². The van der Waals surface area contributed by atoms with Crippen molar-refractivity contribution in [1.82, 2.24) is 0 Å². The molecule has 2 aliphatic rings. The Balaban J connectivity index is 1.20. The zero-order valence-electron chi connectivity index (χ0n) is 32.1. The first-order valence-corrected chi connectivity index (χ1v) is 20.7. The molecule has 0 saturated carbocycles. The second-order valence-electron chi connectivity index (χ2n) is 16.0. The molecule has 1 aromatic heterocycles. The van der Waals surface area contributed by atoms with Gasteiger partial charge in [0.2, 0.25) is 0 Å². The van der Waals surface area contributed by atoms with E-state index in [1.54, 1.807) is 0 Å². The molecular weight excluding hydrogens is 717 g/mol. The SMILES string of the molecule is CC(C)c1ccc2c(N3c4ccccc4Oc4ccccc43)cc3c(C(C)C)cc(N4c5ccccc5Oc5cc6c(cc54)sc4ccccc46)c4ccc1c2c34. The highest BCUT2D eigenvalue weighted by molar-refractivity contribution is 7.25. The molecule has 10 aromatic rings. The number of hydrogen-bond donors (Lipinski definition) is 0. The highest BCUT2D eigenvalue weighted by Gasteiger charge is 2.32. The highest BCUT2D eigenvalue weighted by atomic mass is 32.1. The molecule has 0 bridgehead atoms. The lowest BCUT2D eigenvalue weighted by Crippen LogP contribution is -2.17. The molecule has 0 unspecified atom stereocenters. The van der Waals surface area contributed by atoms with Gasteiger partial charge in [-0.1, -0.05) is 107 Å². The van der Waals surface area contributed by atoms with Gasteiger partial charge in [0.05, 0.1) is 34.1 Å². The third-order valence-corrected chi connectivity index (χ3v) is 13.2. The summed E-state index contributed by atoms with van der Waals surface area (Å²) in [4.78, 5) is 4.89. The molecule has 0 fully saturated rings. The Bertz CT molecular complexity index is 3240. The maximum Gasteiger partial charge on any atom is 0.152 e. The molecule has 4 nitrogen and oxygen atoms in total. The number of fused-ring (bicyclic) bond motifs is 7. The summed E-state index contributed by atoms with van der Waals surface area (Å²) in [5.74, 6) is 4.04. The predicted molar refractivity (Wildman–Crippen MR) is 241 cm³/mol. The Morgan fingerprint density at radius 3 is 1.56 bits per heavy atom. The van der Waals surface area contributed by atoms with Crippen LogP contribution in [-0.2, 0) is 0 Å². The van der Waals surface area contributed by atoms with Crippen molar-refractivity contribution in [1.29, 1.82) is 0 Å². The summed E-state index contributed by atoms with van der Waals surface area (Å²) in [6, 6.07) is 53.0. The fourth-order valence-corrected chi connectivity index (χ4v) is 10.7. The molecule has 3 heterocycles. The minimum Gasteiger partial charge on any atom is -0.453 e. The fraction of sp³-hybridized carbons (Fsp3) is 0.115. The standard InChI is InChI=1S/C52H38N2O2S/c1-29(2)31-21-23-34-43(53-39-14-6-9-17-45(39)55-46-18-10-7-15-40(46)53)26-38-36(30(3)4)25-42(35-24-22-33(31)51(34)52(35)38)54-41-16-8-11-19-47(41)56-48-27-37-32-13-5-12-20-49(32)57-50(37)28-44(48)54/h5-30H,1-4H3. The van der Waals surface area contributed by atoms with Crippen molar-refractivity contribution in [2.45, 2.75) is 39.5 Å².